The van der Waals surface area contributed by atoms with E-state index in [-0.39, 0.29) is 17.3 Å². The highest BCUT2D eigenvalue weighted by Crippen LogP contribution is 2.54. The van der Waals surface area contributed by atoms with Crippen molar-refractivity contribution in [2.45, 2.75) is 38.0 Å². The molecule has 0 fully saturated rings. The smallest absolute Gasteiger partial charge is 0.235 e. The number of aromatic nitrogens is 3. The summed E-state index contributed by atoms with van der Waals surface area (Å²) < 4.78 is 3.71. The Labute approximate surface area is 294 Å². The van der Waals surface area contributed by atoms with E-state index >= 15 is 0 Å². The Kier molecular flexibility index (Phi) is 5.65. The Morgan fingerprint density at radius 1 is 0.680 bits per heavy atom. The second-order valence-corrected chi connectivity index (χ2v) is 15.7. The summed E-state index contributed by atoms with van der Waals surface area (Å²) >= 11 is 1.90. The first-order chi connectivity index (χ1) is 24.5. The van der Waals surface area contributed by atoms with E-state index in [1.807, 2.05) is 11.3 Å². The Morgan fingerprint density at radius 3 is 2.26 bits per heavy atom. The number of hydrogen-bond donors (Lipinski definition) is 0. The molecule has 11 rings (SSSR count). The molecular weight excluding hydrogens is 627 g/mol. The minimum Gasteiger partial charge on any atom is -0.277 e. The molecule has 50 heavy (non-hydrogen) atoms. The van der Waals surface area contributed by atoms with Crippen molar-refractivity contribution in [3.8, 4) is 17.2 Å². The molecule has 0 amide bonds. The summed E-state index contributed by atoms with van der Waals surface area (Å²) in [6, 6.07) is 44.3. The van der Waals surface area contributed by atoms with Gasteiger partial charge in [0.05, 0.1) is 22.4 Å². The van der Waals surface area contributed by atoms with Crippen LogP contribution in [-0.4, -0.2) is 14.5 Å². The lowest BCUT2D eigenvalue weighted by Gasteiger charge is -2.31. The summed E-state index contributed by atoms with van der Waals surface area (Å²) in [5.74, 6) is 1.08. The molecule has 3 nitrogen and oxygen atoms in total. The molecule has 9 aromatic rings. The lowest BCUT2D eigenvalue weighted by Crippen LogP contribution is -2.23. The molecular formula is C46H33N3S. The highest BCUT2D eigenvalue weighted by molar-refractivity contribution is 7.20. The van der Waals surface area contributed by atoms with Crippen LogP contribution in [0.1, 0.15) is 59.9 Å². The number of fused-ring (bicyclic) bond motifs is 12. The molecule has 6 aromatic carbocycles. The standard InChI is InChI=1S/C46H33N3S/c1-26-30(22-23-39-40(26)34-17-9-11-19-38(34)50-39)42-41-43(33-16-8-10-18-36(33)46(41,2)3)48-45(47-42)49-37-25-29-14-5-4-13-28(29)24-35(37)32-21-20-27-12-6-7-15-31(27)44(32)49/h4-26,30H,1-3H3. The zero-order chi connectivity index (χ0) is 33.3. The van der Waals surface area contributed by atoms with Gasteiger partial charge in [-0.2, -0.15) is 0 Å². The topological polar surface area (TPSA) is 30.7 Å². The highest BCUT2D eigenvalue weighted by atomic mass is 32.1. The minimum atomic E-state index is -0.242. The van der Waals surface area contributed by atoms with Crippen molar-refractivity contribution < 1.29 is 0 Å². The van der Waals surface area contributed by atoms with Crippen LogP contribution in [0.2, 0.25) is 0 Å². The Morgan fingerprint density at radius 2 is 1.40 bits per heavy atom. The molecule has 0 N–H and O–H groups in total. The van der Waals surface area contributed by atoms with Crippen LogP contribution in [0.4, 0.5) is 0 Å². The van der Waals surface area contributed by atoms with Crippen molar-refractivity contribution in [1.82, 2.24) is 14.5 Å². The van der Waals surface area contributed by atoms with Gasteiger partial charge in [-0.1, -0.05) is 130 Å². The summed E-state index contributed by atoms with van der Waals surface area (Å²) in [6.45, 7) is 7.11. The Balaban J connectivity index is 1.27. The minimum absolute atomic E-state index is 0.0928. The zero-order valence-corrected chi connectivity index (χ0v) is 28.9. The fourth-order valence-corrected chi connectivity index (χ4v) is 10.4. The predicted octanol–water partition coefficient (Wildman–Crippen LogP) is 12.3. The van der Waals surface area contributed by atoms with Gasteiger partial charge in [0, 0.05) is 48.2 Å². The summed E-state index contributed by atoms with van der Waals surface area (Å²) in [4.78, 5) is 12.7. The zero-order valence-electron chi connectivity index (χ0n) is 28.1. The molecule has 2 aliphatic rings. The van der Waals surface area contributed by atoms with E-state index in [0.29, 0.717) is 0 Å². The third-order valence-corrected chi connectivity index (χ3v) is 12.7. The summed E-state index contributed by atoms with van der Waals surface area (Å²) in [6.07, 6.45) is 4.77. The van der Waals surface area contributed by atoms with E-state index in [9.17, 15) is 0 Å². The van der Waals surface area contributed by atoms with Crippen LogP contribution >= 0.6 is 11.3 Å². The van der Waals surface area contributed by atoms with Crippen LogP contribution in [0, 0.1) is 0 Å². The molecule has 2 aliphatic carbocycles. The third-order valence-electron chi connectivity index (χ3n) is 11.6. The van der Waals surface area contributed by atoms with Gasteiger partial charge in [-0.3, -0.25) is 4.57 Å². The van der Waals surface area contributed by atoms with Crippen molar-refractivity contribution in [1.29, 1.82) is 0 Å². The summed E-state index contributed by atoms with van der Waals surface area (Å²) in [7, 11) is 0. The van der Waals surface area contributed by atoms with Gasteiger partial charge in [0.2, 0.25) is 5.95 Å². The van der Waals surface area contributed by atoms with Crippen LogP contribution in [0.25, 0.3) is 76.7 Å². The first kappa shape index (κ1) is 28.3. The van der Waals surface area contributed by atoms with E-state index in [2.05, 4.69) is 159 Å². The molecule has 3 aromatic heterocycles. The third kappa shape index (κ3) is 3.69. The molecule has 2 unspecified atom stereocenters. The van der Waals surface area contributed by atoms with Gasteiger partial charge in [0.15, 0.2) is 0 Å². The van der Waals surface area contributed by atoms with Gasteiger partial charge in [-0.05, 0) is 62.9 Å². The molecule has 238 valence electrons. The largest absolute Gasteiger partial charge is 0.277 e. The molecule has 0 bridgehead atoms. The lowest BCUT2D eigenvalue weighted by atomic mass is 9.74. The maximum absolute atomic E-state index is 5.77. The molecule has 0 saturated heterocycles. The number of nitrogens with zero attached hydrogens (tertiary/aromatic N) is 3. The summed E-state index contributed by atoms with van der Waals surface area (Å²) in [5, 5.41) is 8.66. The van der Waals surface area contributed by atoms with E-state index in [4.69, 9.17) is 9.97 Å². The molecule has 2 atom stereocenters. The average Bonchev–Trinajstić information content (AvgIpc) is 3.76. The Bertz CT molecular complexity index is 2940. The predicted molar refractivity (Wildman–Crippen MR) is 211 cm³/mol. The number of rotatable bonds is 2. The van der Waals surface area contributed by atoms with Gasteiger partial charge in [-0.15, -0.1) is 11.3 Å². The molecule has 3 heterocycles. The number of hydrogen-bond acceptors (Lipinski definition) is 3. The van der Waals surface area contributed by atoms with Crippen LogP contribution < -0.4 is 0 Å². The number of allylic oxidation sites excluding steroid dienone is 1. The maximum Gasteiger partial charge on any atom is 0.235 e. The highest BCUT2D eigenvalue weighted by Gasteiger charge is 2.43. The second-order valence-electron chi connectivity index (χ2n) is 14.6. The van der Waals surface area contributed by atoms with Crippen molar-refractivity contribution in [3.05, 3.63) is 155 Å². The van der Waals surface area contributed by atoms with Crippen molar-refractivity contribution >= 4 is 70.8 Å². The molecule has 0 saturated carbocycles. The first-order valence-corrected chi connectivity index (χ1v) is 18.4. The van der Waals surface area contributed by atoms with Crippen molar-refractivity contribution in [2.24, 2.45) is 0 Å². The number of thiophene rings is 1. The lowest BCUT2D eigenvalue weighted by molar-refractivity contribution is 0.599. The van der Waals surface area contributed by atoms with Crippen LogP contribution in [0.15, 0.2) is 127 Å². The average molecular weight is 660 g/mol. The van der Waals surface area contributed by atoms with Crippen LogP contribution in [0.3, 0.4) is 0 Å². The Hall–Kier alpha value is -5.58. The van der Waals surface area contributed by atoms with E-state index < -0.39 is 0 Å². The normalized spacial score (nSPS) is 17.6. The first-order valence-electron chi connectivity index (χ1n) is 17.5. The molecule has 4 heteroatoms. The van der Waals surface area contributed by atoms with Gasteiger partial charge in [0.1, 0.15) is 0 Å². The maximum atomic E-state index is 5.77. The van der Waals surface area contributed by atoms with Crippen molar-refractivity contribution in [2.75, 3.05) is 0 Å². The summed E-state index contributed by atoms with van der Waals surface area (Å²) in [5.41, 5.74) is 9.45. The van der Waals surface area contributed by atoms with Gasteiger partial charge >= 0.3 is 0 Å². The quantitative estimate of drug-likeness (QED) is 0.185. The van der Waals surface area contributed by atoms with Gasteiger partial charge < -0.3 is 0 Å². The van der Waals surface area contributed by atoms with E-state index in [1.54, 1.807) is 0 Å². The van der Waals surface area contributed by atoms with Gasteiger partial charge in [0.25, 0.3) is 0 Å². The monoisotopic (exact) mass is 659 g/mol. The molecule has 0 aliphatic heterocycles. The fraction of sp³-hybridized carbons (Fsp3) is 0.130. The molecule has 0 radical (unpaired) electrons. The molecule has 0 spiro atoms. The van der Waals surface area contributed by atoms with Crippen LogP contribution in [-0.2, 0) is 5.41 Å². The fourth-order valence-electron chi connectivity index (χ4n) is 9.20. The van der Waals surface area contributed by atoms with E-state index in [0.717, 1.165) is 28.4 Å². The SMILES string of the molecule is CC1c2c(sc3ccccc23)C=CC1c1nc(-n2c3cc4ccccc4cc3c3ccc4ccccc4c32)nc2c1C(C)(C)c1ccccc1-2. The number of benzene rings is 6. The van der Waals surface area contributed by atoms with Crippen LogP contribution in [0.5, 0.6) is 0 Å². The van der Waals surface area contributed by atoms with Crippen molar-refractivity contribution in [3.63, 3.8) is 0 Å². The second kappa shape index (κ2) is 9.99. The van der Waals surface area contributed by atoms with Gasteiger partial charge in [-0.25, -0.2) is 9.97 Å². The van der Waals surface area contributed by atoms with E-state index in [1.165, 1.54) is 69.5 Å².